The molecule has 17 heavy (non-hydrogen) atoms. The highest BCUT2D eigenvalue weighted by Crippen LogP contribution is 2.21. The molecule has 0 unspecified atom stereocenters. The third-order valence-electron chi connectivity index (χ3n) is 2.34. The molecular weight excluding hydrogens is 216 g/mol. The van der Waals surface area contributed by atoms with Crippen LogP contribution in [0.1, 0.15) is 19.5 Å². The number of nitrogens with zero attached hydrogens (tertiary/aromatic N) is 3. The van der Waals surface area contributed by atoms with Crippen molar-refractivity contribution in [2.24, 2.45) is 0 Å². The van der Waals surface area contributed by atoms with Crippen LogP contribution in [0.4, 0.5) is 5.82 Å². The van der Waals surface area contributed by atoms with E-state index in [1.54, 1.807) is 38.5 Å². The van der Waals surface area contributed by atoms with Gasteiger partial charge in [-0.05, 0) is 26.0 Å². The summed E-state index contributed by atoms with van der Waals surface area (Å²) >= 11 is 0. The van der Waals surface area contributed by atoms with Gasteiger partial charge in [0, 0.05) is 11.8 Å². The van der Waals surface area contributed by atoms with Gasteiger partial charge < -0.3 is 10.8 Å². The fourth-order valence-electron chi connectivity index (χ4n) is 1.36. The Labute approximate surface area is 99.4 Å². The molecule has 0 amide bonds. The van der Waals surface area contributed by atoms with E-state index in [2.05, 4.69) is 15.0 Å². The van der Waals surface area contributed by atoms with Crippen molar-refractivity contribution in [2.75, 3.05) is 5.73 Å². The van der Waals surface area contributed by atoms with Gasteiger partial charge >= 0.3 is 0 Å². The van der Waals surface area contributed by atoms with Gasteiger partial charge in [-0.3, -0.25) is 4.98 Å². The molecule has 2 aromatic rings. The Kier molecular flexibility index (Phi) is 2.77. The average molecular weight is 230 g/mol. The third kappa shape index (κ3) is 2.57. The molecular formula is C12H14N4O. The molecule has 0 aromatic carbocycles. The number of hydrogen-bond donors (Lipinski definition) is 2. The Morgan fingerprint density at radius 3 is 2.53 bits per heavy atom. The van der Waals surface area contributed by atoms with Gasteiger partial charge in [0.05, 0.1) is 23.8 Å². The molecule has 0 radical (unpaired) electrons. The molecule has 88 valence electrons. The van der Waals surface area contributed by atoms with E-state index in [0.29, 0.717) is 17.2 Å². The zero-order valence-corrected chi connectivity index (χ0v) is 9.75. The highest BCUT2D eigenvalue weighted by molar-refractivity contribution is 5.58. The highest BCUT2D eigenvalue weighted by atomic mass is 16.3. The Hall–Kier alpha value is -2.01. The van der Waals surface area contributed by atoms with E-state index in [4.69, 9.17) is 5.73 Å². The second-order valence-electron chi connectivity index (χ2n) is 4.32. The second kappa shape index (κ2) is 4.10. The molecule has 2 heterocycles. The topological polar surface area (TPSA) is 84.9 Å². The van der Waals surface area contributed by atoms with Gasteiger partial charge in [0.15, 0.2) is 0 Å². The van der Waals surface area contributed by atoms with Crippen LogP contribution in [-0.4, -0.2) is 20.1 Å². The Balaban J connectivity index is 2.43. The van der Waals surface area contributed by atoms with Crippen LogP contribution < -0.4 is 5.73 Å². The summed E-state index contributed by atoms with van der Waals surface area (Å²) in [6.45, 7) is 3.34. The molecule has 2 rings (SSSR count). The normalized spacial score (nSPS) is 11.5. The van der Waals surface area contributed by atoms with E-state index in [-0.39, 0.29) is 0 Å². The first-order valence-electron chi connectivity index (χ1n) is 5.23. The largest absolute Gasteiger partial charge is 0.384 e. The van der Waals surface area contributed by atoms with Gasteiger partial charge in [-0.1, -0.05) is 0 Å². The fraction of sp³-hybridized carbons (Fsp3) is 0.250. The Morgan fingerprint density at radius 2 is 1.94 bits per heavy atom. The molecule has 5 heteroatoms. The number of aromatic nitrogens is 3. The zero-order chi connectivity index (χ0) is 12.5. The summed E-state index contributed by atoms with van der Waals surface area (Å²) in [5, 5.41) is 9.87. The van der Waals surface area contributed by atoms with Crippen molar-refractivity contribution in [1.29, 1.82) is 0 Å². The lowest BCUT2D eigenvalue weighted by Crippen LogP contribution is -2.18. The Bertz CT molecular complexity index is 517. The van der Waals surface area contributed by atoms with Crippen LogP contribution in [0.3, 0.4) is 0 Å². The van der Waals surface area contributed by atoms with Gasteiger partial charge in [-0.2, -0.15) is 0 Å². The minimum atomic E-state index is -1.01. The van der Waals surface area contributed by atoms with E-state index >= 15 is 0 Å². The molecule has 0 aliphatic rings. The van der Waals surface area contributed by atoms with Crippen molar-refractivity contribution < 1.29 is 5.11 Å². The fourth-order valence-corrected chi connectivity index (χ4v) is 1.36. The van der Waals surface area contributed by atoms with Gasteiger partial charge in [0.1, 0.15) is 11.4 Å². The second-order valence-corrected chi connectivity index (χ2v) is 4.32. The maximum absolute atomic E-state index is 9.87. The number of anilines is 1. The molecule has 0 spiro atoms. The summed E-state index contributed by atoms with van der Waals surface area (Å²) in [6, 6.07) is 3.52. The Morgan fingerprint density at radius 1 is 1.18 bits per heavy atom. The first-order chi connectivity index (χ1) is 7.97. The van der Waals surface area contributed by atoms with Crippen LogP contribution in [0, 0.1) is 0 Å². The molecule has 5 nitrogen and oxygen atoms in total. The smallest absolute Gasteiger partial charge is 0.123 e. The summed E-state index contributed by atoms with van der Waals surface area (Å²) < 4.78 is 0. The van der Waals surface area contributed by atoms with Crippen LogP contribution in [0.2, 0.25) is 0 Å². The number of pyridine rings is 1. The van der Waals surface area contributed by atoms with E-state index < -0.39 is 5.60 Å². The van der Waals surface area contributed by atoms with Gasteiger partial charge in [-0.25, -0.2) is 9.97 Å². The van der Waals surface area contributed by atoms with Crippen LogP contribution in [0.5, 0.6) is 0 Å². The zero-order valence-electron chi connectivity index (χ0n) is 9.75. The van der Waals surface area contributed by atoms with Crippen LogP contribution in [0.25, 0.3) is 11.3 Å². The quantitative estimate of drug-likeness (QED) is 0.813. The summed E-state index contributed by atoms with van der Waals surface area (Å²) in [4.78, 5) is 12.4. The lowest BCUT2D eigenvalue weighted by atomic mass is 10.1. The first kappa shape index (κ1) is 11.5. The van der Waals surface area contributed by atoms with E-state index in [1.807, 2.05) is 6.07 Å². The molecule has 0 aliphatic carbocycles. The minimum Gasteiger partial charge on any atom is -0.384 e. The first-order valence-corrected chi connectivity index (χ1v) is 5.23. The maximum Gasteiger partial charge on any atom is 0.123 e. The average Bonchev–Trinajstić information content (AvgIpc) is 2.29. The summed E-state index contributed by atoms with van der Waals surface area (Å²) in [5.74, 6) is 0.459. The van der Waals surface area contributed by atoms with E-state index in [0.717, 1.165) is 5.56 Å². The van der Waals surface area contributed by atoms with Gasteiger partial charge in [0.25, 0.3) is 0 Å². The lowest BCUT2D eigenvalue weighted by Gasteiger charge is -2.16. The standard InChI is InChI=1S/C12H14N4O/c1-12(2,17)10-7-14-6-9(16-10)8-3-4-11(13)15-5-8/h3-7,17H,1-2H3,(H2,13,15). The van der Waals surface area contributed by atoms with Crippen molar-refractivity contribution in [3.05, 3.63) is 36.4 Å². The molecule has 3 N–H and O–H groups in total. The highest BCUT2D eigenvalue weighted by Gasteiger charge is 2.18. The van der Waals surface area contributed by atoms with Crippen LogP contribution >= 0.6 is 0 Å². The molecule has 0 saturated carbocycles. The number of rotatable bonds is 2. The molecule has 0 saturated heterocycles. The SMILES string of the molecule is CC(C)(O)c1cncc(-c2ccc(N)nc2)n1. The predicted octanol–water partition coefficient (Wildman–Crippen LogP) is 1.35. The van der Waals surface area contributed by atoms with Crippen molar-refractivity contribution in [1.82, 2.24) is 15.0 Å². The molecule has 0 fully saturated rings. The minimum absolute atomic E-state index is 0.459. The molecule has 0 atom stereocenters. The predicted molar refractivity (Wildman–Crippen MR) is 64.9 cm³/mol. The molecule has 0 bridgehead atoms. The van der Waals surface area contributed by atoms with Crippen molar-refractivity contribution in [2.45, 2.75) is 19.4 Å². The van der Waals surface area contributed by atoms with Crippen molar-refractivity contribution in [3.8, 4) is 11.3 Å². The van der Waals surface area contributed by atoms with E-state index in [1.165, 1.54) is 0 Å². The van der Waals surface area contributed by atoms with E-state index in [9.17, 15) is 5.11 Å². The summed E-state index contributed by atoms with van der Waals surface area (Å²) in [5.41, 5.74) is 6.51. The van der Waals surface area contributed by atoms with Crippen molar-refractivity contribution in [3.63, 3.8) is 0 Å². The van der Waals surface area contributed by atoms with Crippen molar-refractivity contribution >= 4 is 5.82 Å². The van der Waals surface area contributed by atoms with Crippen LogP contribution in [-0.2, 0) is 5.60 Å². The van der Waals surface area contributed by atoms with Gasteiger partial charge in [-0.15, -0.1) is 0 Å². The summed E-state index contributed by atoms with van der Waals surface area (Å²) in [7, 11) is 0. The lowest BCUT2D eigenvalue weighted by molar-refractivity contribution is 0.0735. The van der Waals surface area contributed by atoms with Crippen LogP contribution in [0.15, 0.2) is 30.7 Å². The summed E-state index contributed by atoms with van der Waals surface area (Å²) in [6.07, 6.45) is 4.81. The third-order valence-corrected chi connectivity index (χ3v) is 2.34. The number of hydrogen-bond acceptors (Lipinski definition) is 5. The maximum atomic E-state index is 9.87. The molecule has 2 aromatic heterocycles. The monoisotopic (exact) mass is 230 g/mol. The molecule has 0 aliphatic heterocycles. The number of nitrogens with two attached hydrogens (primary N) is 1. The number of nitrogen functional groups attached to an aromatic ring is 1. The number of aliphatic hydroxyl groups is 1. The van der Waals surface area contributed by atoms with Gasteiger partial charge in [0.2, 0.25) is 0 Å².